The summed E-state index contributed by atoms with van der Waals surface area (Å²) >= 11 is 0. The Balaban J connectivity index is 1.77. The molecule has 0 bridgehead atoms. The molecule has 1 aromatic rings. The molecule has 0 amide bonds. The molecule has 1 N–H and O–H groups in total. The zero-order valence-electron chi connectivity index (χ0n) is 9.85. The van der Waals surface area contributed by atoms with Gasteiger partial charge in [-0.05, 0) is 31.4 Å². The van der Waals surface area contributed by atoms with Crippen molar-refractivity contribution in [2.75, 3.05) is 11.6 Å². The minimum atomic E-state index is -0.187. The molecule has 2 aliphatic rings. The smallest absolute Gasteiger partial charge is 0.325 e. The quantitative estimate of drug-likeness (QED) is 0.779. The Labute approximate surface area is 101 Å². The van der Waals surface area contributed by atoms with Crippen LogP contribution in [0.1, 0.15) is 18.9 Å². The van der Waals surface area contributed by atoms with Gasteiger partial charge in [-0.15, -0.1) is 0 Å². The number of fused-ring (bicyclic) bond motifs is 3. The van der Waals surface area contributed by atoms with Gasteiger partial charge in [-0.25, -0.2) is 5.43 Å². The summed E-state index contributed by atoms with van der Waals surface area (Å²) in [6.45, 7) is 2.28. The summed E-state index contributed by atoms with van der Waals surface area (Å²) < 4.78 is 5.05. The van der Waals surface area contributed by atoms with Gasteiger partial charge < -0.3 is 9.75 Å². The molecule has 1 saturated heterocycles. The SMILES string of the molecule is CCOC(=O)[C@H]1C[C@@H]2Cc3ccccc3N2N1. The number of hydrazine groups is 1. The van der Waals surface area contributed by atoms with Gasteiger partial charge in [-0.1, -0.05) is 18.2 Å². The molecule has 0 aliphatic carbocycles. The molecule has 1 fully saturated rings. The van der Waals surface area contributed by atoms with E-state index in [0.29, 0.717) is 12.6 Å². The van der Waals surface area contributed by atoms with E-state index in [2.05, 4.69) is 28.6 Å². The van der Waals surface area contributed by atoms with Crippen LogP contribution in [0.3, 0.4) is 0 Å². The molecule has 3 rings (SSSR count). The second-order valence-electron chi connectivity index (χ2n) is 4.53. The van der Waals surface area contributed by atoms with Crippen molar-refractivity contribution in [1.82, 2.24) is 5.43 Å². The Hall–Kier alpha value is -1.55. The summed E-state index contributed by atoms with van der Waals surface area (Å²) in [6.07, 6.45) is 1.84. The number of nitrogens with one attached hydrogen (secondary N) is 1. The second kappa shape index (κ2) is 4.04. The lowest BCUT2D eigenvalue weighted by Gasteiger charge is -2.19. The summed E-state index contributed by atoms with van der Waals surface area (Å²) in [5, 5.41) is 2.12. The van der Waals surface area contributed by atoms with Crippen LogP contribution in [0.25, 0.3) is 0 Å². The van der Waals surface area contributed by atoms with Crippen LogP contribution in [0, 0.1) is 0 Å². The number of hydrogen-bond acceptors (Lipinski definition) is 4. The lowest BCUT2D eigenvalue weighted by atomic mass is 10.0. The Morgan fingerprint density at radius 2 is 2.35 bits per heavy atom. The summed E-state index contributed by atoms with van der Waals surface area (Å²) in [6, 6.07) is 8.53. The van der Waals surface area contributed by atoms with Crippen LogP contribution in [0.5, 0.6) is 0 Å². The minimum absolute atomic E-state index is 0.139. The number of nitrogens with zero attached hydrogens (tertiary/aromatic N) is 1. The number of anilines is 1. The third kappa shape index (κ3) is 1.69. The summed E-state index contributed by atoms with van der Waals surface area (Å²) in [7, 11) is 0. The number of esters is 1. The van der Waals surface area contributed by atoms with Gasteiger partial charge in [0, 0.05) is 0 Å². The van der Waals surface area contributed by atoms with Gasteiger partial charge >= 0.3 is 5.97 Å². The monoisotopic (exact) mass is 232 g/mol. The van der Waals surface area contributed by atoms with Crippen molar-refractivity contribution in [3.05, 3.63) is 29.8 Å². The van der Waals surface area contributed by atoms with Crippen molar-refractivity contribution in [3.63, 3.8) is 0 Å². The van der Waals surface area contributed by atoms with E-state index in [4.69, 9.17) is 4.74 Å². The van der Waals surface area contributed by atoms with Gasteiger partial charge in [-0.3, -0.25) is 4.79 Å². The molecule has 4 heteroatoms. The summed E-state index contributed by atoms with van der Waals surface area (Å²) in [5.41, 5.74) is 5.80. The summed E-state index contributed by atoms with van der Waals surface area (Å²) in [5.74, 6) is -0.139. The average molecular weight is 232 g/mol. The van der Waals surface area contributed by atoms with Crippen molar-refractivity contribution in [3.8, 4) is 0 Å². The molecule has 0 aromatic heterocycles. The van der Waals surface area contributed by atoms with Crippen molar-refractivity contribution in [2.24, 2.45) is 0 Å². The van der Waals surface area contributed by atoms with Crippen molar-refractivity contribution >= 4 is 11.7 Å². The van der Waals surface area contributed by atoms with Gasteiger partial charge in [0.2, 0.25) is 0 Å². The first-order chi connectivity index (χ1) is 8.29. The van der Waals surface area contributed by atoms with Gasteiger partial charge in [0.05, 0.1) is 18.3 Å². The van der Waals surface area contributed by atoms with E-state index in [1.54, 1.807) is 0 Å². The first kappa shape index (κ1) is 10.6. The van der Waals surface area contributed by atoms with Crippen LogP contribution in [0.15, 0.2) is 24.3 Å². The van der Waals surface area contributed by atoms with Gasteiger partial charge in [-0.2, -0.15) is 0 Å². The van der Waals surface area contributed by atoms with Crippen LogP contribution in [0.2, 0.25) is 0 Å². The molecular formula is C13H16N2O2. The van der Waals surface area contributed by atoms with Gasteiger partial charge in [0.1, 0.15) is 6.04 Å². The fourth-order valence-corrected chi connectivity index (χ4v) is 2.71. The highest BCUT2D eigenvalue weighted by Crippen LogP contribution is 2.35. The molecule has 0 spiro atoms. The predicted molar refractivity (Wildman–Crippen MR) is 64.6 cm³/mol. The molecule has 4 nitrogen and oxygen atoms in total. The maximum atomic E-state index is 11.7. The molecule has 0 saturated carbocycles. The van der Waals surface area contributed by atoms with E-state index < -0.39 is 0 Å². The van der Waals surface area contributed by atoms with Crippen molar-refractivity contribution in [1.29, 1.82) is 0 Å². The summed E-state index contributed by atoms with van der Waals surface area (Å²) in [4.78, 5) is 11.7. The van der Waals surface area contributed by atoms with E-state index in [0.717, 1.165) is 12.8 Å². The number of carbonyl (C=O) groups excluding carboxylic acids is 1. The van der Waals surface area contributed by atoms with E-state index in [1.807, 2.05) is 13.0 Å². The Bertz CT molecular complexity index is 447. The number of hydrogen-bond donors (Lipinski definition) is 1. The van der Waals surface area contributed by atoms with Crippen LogP contribution < -0.4 is 10.4 Å². The van der Waals surface area contributed by atoms with Crippen LogP contribution >= 0.6 is 0 Å². The maximum absolute atomic E-state index is 11.7. The second-order valence-corrected chi connectivity index (χ2v) is 4.53. The molecule has 17 heavy (non-hydrogen) atoms. The third-order valence-electron chi connectivity index (χ3n) is 3.45. The first-order valence-electron chi connectivity index (χ1n) is 6.09. The Kier molecular flexibility index (Phi) is 2.52. The fourth-order valence-electron chi connectivity index (χ4n) is 2.71. The number of ether oxygens (including phenoxy) is 1. The Morgan fingerprint density at radius 3 is 3.18 bits per heavy atom. The number of rotatable bonds is 2. The van der Waals surface area contributed by atoms with Gasteiger partial charge in [0.15, 0.2) is 0 Å². The average Bonchev–Trinajstić information content (AvgIpc) is 2.86. The lowest BCUT2D eigenvalue weighted by Crippen LogP contribution is -2.41. The fraction of sp³-hybridized carbons (Fsp3) is 0.462. The van der Waals surface area contributed by atoms with Crippen LogP contribution in [-0.2, 0) is 16.0 Å². The largest absolute Gasteiger partial charge is 0.465 e. The van der Waals surface area contributed by atoms with E-state index >= 15 is 0 Å². The molecule has 2 aliphatic heterocycles. The molecule has 1 aromatic carbocycles. The predicted octanol–water partition coefficient (Wildman–Crippen LogP) is 1.26. The topological polar surface area (TPSA) is 41.6 Å². The van der Waals surface area contributed by atoms with Crippen molar-refractivity contribution in [2.45, 2.75) is 31.8 Å². The highest BCUT2D eigenvalue weighted by molar-refractivity contribution is 5.78. The number of para-hydroxylation sites is 1. The van der Waals surface area contributed by atoms with E-state index in [9.17, 15) is 4.79 Å². The lowest BCUT2D eigenvalue weighted by molar-refractivity contribution is -0.145. The minimum Gasteiger partial charge on any atom is -0.465 e. The number of carbonyl (C=O) groups is 1. The number of benzene rings is 1. The highest BCUT2D eigenvalue weighted by atomic mass is 16.5. The molecule has 0 unspecified atom stereocenters. The molecule has 90 valence electrons. The van der Waals surface area contributed by atoms with E-state index in [1.165, 1.54) is 11.3 Å². The first-order valence-corrected chi connectivity index (χ1v) is 6.09. The molecule has 0 radical (unpaired) electrons. The third-order valence-corrected chi connectivity index (χ3v) is 3.45. The molecule has 2 atom stereocenters. The highest BCUT2D eigenvalue weighted by Gasteiger charge is 2.41. The normalized spacial score (nSPS) is 25.6. The standard InChI is InChI=1S/C13H16N2O2/c1-2-17-13(16)11-8-10-7-9-5-3-4-6-12(9)15(10)14-11/h3-6,10-11,14H,2,7-8H2,1H3/t10-,11+/m0/s1. The zero-order chi connectivity index (χ0) is 11.8. The maximum Gasteiger partial charge on any atom is 0.325 e. The molecular weight excluding hydrogens is 216 g/mol. The van der Waals surface area contributed by atoms with Crippen molar-refractivity contribution < 1.29 is 9.53 Å². The van der Waals surface area contributed by atoms with E-state index in [-0.39, 0.29) is 12.0 Å². The van der Waals surface area contributed by atoms with Crippen LogP contribution in [-0.4, -0.2) is 24.7 Å². The van der Waals surface area contributed by atoms with Gasteiger partial charge in [0.25, 0.3) is 0 Å². The molecule has 2 heterocycles. The zero-order valence-corrected chi connectivity index (χ0v) is 9.85. The van der Waals surface area contributed by atoms with Crippen LogP contribution in [0.4, 0.5) is 5.69 Å². The Morgan fingerprint density at radius 1 is 1.53 bits per heavy atom.